The van der Waals surface area contributed by atoms with Crippen molar-refractivity contribution in [1.29, 1.82) is 0 Å². The van der Waals surface area contributed by atoms with Crippen LogP contribution < -0.4 is 9.64 Å². The van der Waals surface area contributed by atoms with Gasteiger partial charge in [0.2, 0.25) is 0 Å². The van der Waals surface area contributed by atoms with E-state index in [9.17, 15) is 14.4 Å². The molecule has 2 aromatic carbocycles. The number of hydrogen-bond donors (Lipinski definition) is 0. The lowest BCUT2D eigenvalue weighted by molar-refractivity contribution is -0.154. The first kappa shape index (κ1) is 19.2. The van der Waals surface area contributed by atoms with E-state index in [2.05, 4.69) is 0 Å². The molecule has 2 rings (SSSR count). The monoisotopic (exact) mass is 359 g/mol. The molecule has 0 unspecified atom stereocenters. The molecule has 0 heterocycles. The lowest BCUT2D eigenvalue weighted by Gasteiger charge is -2.29. The van der Waals surface area contributed by atoms with E-state index in [-0.39, 0.29) is 6.61 Å². The van der Waals surface area contributed by atoms with Crippen molar-refractivity contribution >= 4 is 34.3 Å². The van der Waals surface area contributed by atoms with E-state index in [1.807, 2.05) is 18.2 Å². The third kappa shape index (κ3) is 3.61. The van der Waals surface area contributed by atoms with E-state index in [1.165, 1.54) is 21.1 Å². The van der Waals surface area contributed by atoms with E-state index in [1.54, 1.807) is 25.1 Å². The van der Waals surface area contributed by atoms with Gasteiger partial charge in [0, 0.05) is 5.39 Å². The van der Waals surface area contributed by atoms with Gasteiger partial charge in [-0.1, -0.05) is 30.3 Å². The highest BCUT2D eigenvalue weighted by Crippen LogP contribution is 2.37. The van der Waals surface area contributed by atoms with Crippen LogP contribution in [0.1, 0.15) is 13.8 Å². The van der Waals surface area contributed by atoms with Gasteiger partial charge in [-0.05, 0) is 25.3 Å². The number of rotatable bonds is 5. The standard InChI is InChI=1S/C19H21NO6/c1-5-26-19(23)17(21)20(12(2)18(22)25-4)16-14-9-7-6-8-13(14)10-11-15(16)24-3/h6-12H,5H2,1-4H3/t12-/m0/s1. The minimum atomic E-state index is -1.06. The smallest absolute Gasteiger partial charge is 0.397 e. The van der Waals surface area contributed by atoms with Gasteiger partial charge < -0.3 is 14.2 Å². The Morgan fingerprint density at radius 3 is 2.38 bits per heavy atom. The number of hydrogen-bond acceptors (Lipinski definition) is 6. The Labute approximate surface area is 151 Å². The molecule has 0 radical (unpaired) electrons. The topological polar surface area (TPSA) is 82.1 Å². The normalized spacial score (nSPS) is 11.5. The molecule has 1 atom stereocenters. The predicted octanol–water partition coefficient (Wildman–Crippen LogP) is 2.31. The molecule has 0 aliphatic rings. The molecule has 138 valence electrons. The number of fused-ring (bicyclic) bond motifs is 1. The summed E-state index contributed by atoms with van der Waals surface area (Å²) in [4.78, 5) is 38.1. The van der Waals surface area contributed by atoms with Gasteiger partial charge in [0.15, 0.2) is 0 Å². The molecule has 0 spiro atoms. The van der Waals surface area contributed by atoms with Crippen molar-refractivity contribution in [2.45, 2.75) is 19.9 Å². The maximum atomic E-state index is 12.8. The molecular formula is C19H21NO6. The second kappa shape index (κ2) is 8.33. The van der Waals surface area contributed by atoms with Crippen molar-refractivity contribution in [3.05, 3.63) is 36.4 Å². The van der Waals surface area contributed by atoms with Crippen molar-refractivity contribution in [1.82, 2.24) is 0 Å². The van der Waals surface area contributed by atoms with Crippen molar-refractivity contribution in [3.8, 4) is 5.75 Å². The number of nitrogens with zero attached hydrogens (tertiary/aromatic N) is 1. The Morgan fingerprint density at radius 2 is 1.77 bits per heavy atom. The minimum absolute atomic E-state index is 0.0394. The maximum absolute atomic E-state index is 12.8. The van der Waals surface area contributed by atoms with Crippen molar-refractivity contribution in [2.75, 3.05) is 25.7 Å². The molecule has 0 saturated carbocycles. The number of anilines is 1. The SMILES string of the molecule is CCOC(=O)C(=O)N(c1c(OC)ccc2ccccc12)[C@@H](C)C(=O)OC. The van der Waals surface area contributed by atoms with Crippen LogP contribution in [-0.2, 0) is 23.9 Å². The Bertz CT molecular complexity index is 832. The molecule has 0 aliphatic heterocycles. The zero-order valence-electron chi connectivity index (χ0n) is 15.1. The minimum Gasteiger partial charge on any atom is -0.495 e. The molecule has 0 aromatic heterocycles. The number of methoxy groups -OCH3 is 2. The summed E-state index contributed by atoms with van der Waals surface area (Å²) in [6.45, 7) is 3.11. The molecule has 0 fully saturated rings. The first-order chi connectivity index (χ1) is 12.5. The van der Waals surface area contributed by atoms with E-state index in [0.717, 1.165) is 10.3 Å². The van der Waals surface area contributed by atoms with Crippen LogP contribution in [0.4, 0.5) is 5.69 Å². The van der Waals surface area contributed by atoms with Gasteiger partial charge in [0.25, 0.3) is 0 Å². The average Bonchev–Trinajstić information content (AvgIpc) is 2.67. The summed E-state index contributed by atoms with van der Waals surface area (Å²) in [5, 5.41) is 1.47. The Balaban J connectivity index is 2.72. The Morgan fingerprint density at radius 1 is 1.08 bits per heavy atom. The second-order valence-electron chi connectivity index (χ2n) is 5.43. The van der Waals surface area contributed by atoms with Gasteiger partial charge >= 0.3 is 17.8 Å². The lowest BCUT2D eigenvalue weighted by atomic mass is 10.1. The number of benzene rings is 2. The van der Waals surface area contributed by atoms with Crippen LogP contribution in [-0.4, -0.2) is 44.7 Å². The van der Waals surface area contributed by atoms with Crippen LogP contribution in [0.2, 0.25) is 0 Å². The van der Waals surface area contributed by atoms with Crippen LogP contribution in [0.5, 0.6) is 5.75 Å². The summed E-state index contributed by atoms with van der Waals surface area (Å²) in [5.41, 5.74) is 0.307. The van der Waals surface area contributed by atoms with Gasteiger partial charge in [0.1, 0.15) is 11.8 Å². The largest absolute Gasteiger partial charge is 0.495 e. The third-order valence-electron chi connectivity index (χ3n) is 3.92. The molecule has 1 amide bonds. The highest BCUT2D eigenvalue weighted by atomic mass is 16.5. The molecule has 0 saturated heterocycles. The molecule has 0 N–H and O–H groups in total. The van der Waals surface area contributed by atoms with Crippen molar-refractivity contribution in [3.63, 3.8) is 0 Å². The summed E-state index contributed by atoms with van der Waals surface area (Å²) in [7, 11) is 2.66. The maximum Gasteiger partial charge on any atom is 0.397 e. The molecule has 0 bridgehead atoms. The van der Waals surface area contributed by atoms with Crippen molar-refractivity contribution in [2.24, 2.45) is 0 Å². The fourth-order valence-corrected chi connectivity index (χ4v) is 2.69. The number of esters is 2. The lowest BCUT2D eigenvalue weighted by Crippen LogP contribution is -2.48. The van der Waals surface area contributed by atoms with Gasteiger partial charge in [-0.3, -0.25) is 9.69 Å². The summed E-state index contributed by atoms with van der Waals surface area (Å²) in [5.74, 6) is -2.35. The quantitative estimate of drug-likeness (QED) is 0.602. The third-order valence-corrected chi connectivity index (χ3v) is 3.92. The molecule has 7 nitrogen and oxygen atoms in total. The van der Waals surface area contributed by atoms with Crippen LogP contribution in [0.25, 0.3) is 10.8 Å². The Hall–Kier alpha value is -3.09. The average molecular weight is 359 g/mol. The first-order valence-electron chi connectivity index (χ1n) is 8.10. The van der Waals surface area contributed by atoms with E-state index >= 15 is 0 Å². The van der Waals surface area contributed by atoms with Crippen LogP contribution in [0, 0.1) is 0 Å². The molecular weight excluding hydrogens is 338 g/mol. The molecule has 26 heavy (non-hydrogen) atoms. The predicted molar refractivity (Wildman–Crippen MR) is 96.1 cm³/mol. The second-order valence-corrected chi connectivity index (χ2v) is 5.43. The number of carbonyl (C=O) groups is 3. The van der Waals surface area contributed by atoms with Crippen molar-refractivity contribution < 1.29 is 28.6 Å². The van der Waals surface area contributed by atoms with Crippen LogP contribution in [0.15, 0.2) is 36.4 Å². The summed E-state index contributed by atoms with van der Waals surface area (Å²) < 4.78 is 15.0. The highest BCUT2D eigenvalue weighted by Gasteiger charge is 2.35. The van der Waals surface area contributed by atoms with Gasteiger partial charge in [-0.15, -0.1) is 0 Å². The zero-order valence-corrected chi connectivity index (χ0v) is 15.1. The molecule has 2 aromatic rings. The number of amides is 1. The van der Waals surface area contributed by atoms with Crippen LogP contribution >= 0.6 is 0 Å². The Kier molecular flexibility index (Phi) is 6.16. The first-order valence-corrected chi connectivity index (χ1v) is 8.10. The van der Waals surface area contributed by atoms with Gasteiger partial charge in [-0.25, -0.2) is 9.59 Å². The highest BCUT2D eigenvalue weighted by molar-refractivity contribution is 6.39. The number of ether oxygens (including phenoxy) is 3. The van der Waals surface area contributed by atoms with Gasteiger partial charge in [-0.2, -0.15) is 0 Å². The van der Waals surface area contributed by atoms with E-state index < -0.39 is 23.9 Å². The zero-order chi connectivity index (χ0) is 19.3. The van der Waals surface area contributed by atoms with E-state index in [4.69, 9.17) is 14.2 Å². The fourth-order valence-electron chi connectivity index (χ4n) is 2.69. The summed E-state index contributed by atoms with van der Waals surface area (Å²) in [6.07, 6.45) is 0. The molecule has 7 heteroatoms. The summed E-state index contributed by atoms with van der Waals surface area (Å²) >= 11 is 0. The van der Waals surface area contributed by atoms with Gasteiger partial charge in [0.05, 0.1) is 26.5 Å². The molecule has 0 aliphatic carbocycles. The summed E-state index contributed by atoms with van der Waals surface area (Å²) in [6, 6.07) is 9.72. The number of carbonyl (C=O) groups excluding carboxylic acids is 3. The van der Waals surface area contributed by atoms with E-state index in [0.29, 0.717) is 16.8 Å². The van der Waals surface area contributed by atoms with Crippen LogP contribution in [0.3, 0.4) is 0 Å². The fraction of sp³-hybridized carbons (Fsp3) is 0.316.